The van der Waals surface area contributed by atoms with E-state index in [4.69, 9.17) is 0 Å². The molecule has 2 rings (SSSR count). The van der Waals surface area contributed by atoms with Crippen LogP contribution in [0.3, 0.4) is 0 Å². The van der Waals surface area contributed by atoms with Gasteiger partial charge in [-0.25, -0.2) is 8.78 Å². The van der Waals surface area contributed by atoms with E-state index < -0.39 is 17.4 Å². The second-order valence-electron chi connectivity index (χ2n) is 6.15. The summed E-state index contributed by atoms with van der Waals surface area (Å²) in [5.41, 5.74) is 0.445. The summed E-state index contributed by atoms with van der Waals surface area (Å²) in [6, 6.07) is 9.94. The van der Waals surface area contributed by atoms with Crippen LogP contribution < -0.4 is 0 Å². The molecule has 2 aromatic carbocycles. The molecule has 0 atom stereocenters. The minimum Gasteiger partial charge on any atom is -0.504 e. The molecule has 0 bridgehead atoms. The van der Waals surface area contributed by atoms with E-state index in [1.54, 1.807) is 30.3 Å². The van der Waals surface area contributed by atoms with E-state index >= 15 is 0 Å². The number of hydrogen-bond donors (Lipinski definition) is 1. The molecule has 0 saturated carbocycles. The van der Waals surface area contributed by atoms with Crippen molar-refractivity contribution >= 4 is 0 Å². The van der Waals surface area contributed by atoms with Gasteiger partial charge in [-0.05, 0) is 23.5 Å². The van der Waals surface area contributed by atoms with E-state index in [1.807, 2.05) is 20.8 Å². The zero-order valence-electron chi connectivity index (χ0n) is 11.9. The van der Waals surface area contributed by atoms with Crippen LogP contribution in [0.2, 0.25) is 0 Å². The summed E-state index contributed by atoms with van der Waals surface area (Å²) in [5, 5.41) is 10.0. The lowest BCUT2D eigenvalue weighted by Gasteiger charge is -2.20. The third-order valence-electron chi connectivity index (χ3n) is 3.08. The van der Waals surface area contributed by atoms with Gasteiger partial charge in [-0.2, -0.15) is 0 Å². The van der Waals surface area contributed by atoms with Crippen molar-refractivity contribution in [3.63, 3.8) is 0 Å². The molecular weight excluding hydrogens is 258 g/mol. The van der Waals surface area contributed by atoms with Crippen molar-refractivity contribution in [1.29, 1.82) is 0 Å². The molecule has 0 unspecified atom stereocenters. The SMILES string of the molecule is CC(C)(C)Cc1c(F)cc(-c2ccccc2)c(O)c1F. The minimum atomic E-state index is -0.862. The smallest absolute Gasteiger partial charge is 0.171 e. The van der Waals surface area contributed by atoms with Crippen molar-refractivity contribution in [2.24, 2.45) is 5.41 Å². The van der Waals surface area contributed by atoms with Gasteiger partial charge >= 0.3 is 0 Å². The van der Waals surface area contributed by atoms with Crippen LogP contribution in [0.5, 0.6) is 5.75 Å². The Morgan fingerprint density at radius 2 is 1.65 bits per heavy atom. The topological polar surface area (TPSA) is 20.2 Å². The van der Waals surface area contributed by atoms with Gasteiger partial charge in [0.2, 0.25) is 0 Å². The Bertz CT molecular complexity index is 613. The van der Waals surface area contributed by atoms with Gasteiger partial charge in [0.1, 0.15) is 5.82 Å². The maximum atomic E-state index is 14.2. The number of aromatic hydroxyl groups is 1. The van der Waals surface area contributed by atoms with E-state index in [1.165, 1.54) is 6.07 Å². The summed E-state index contributed by atoms with van der Waals surface area (Å²) in [7, 11) is 0. The fraction of sp³-hybridized carbons (Fsp3) is 0.294. The molecule has 0 aliphatic carbocycles. The van der Waals surface area contributed by atoms with Crippen molar-refractivity contribution in [2.45, 2.75) is 27.2 Å². The van der Waals surface area contributed by atoms with Crippen molar-refractivity contribution < 1.29 is 13.9 Å². The lowest BCUT2D eigenvalue weighted by Crippen LogP contribution is -2.12. The first-order valence-corrected chi connectivity index (χ1v) is 6.55. The molecule has 0 aromatic heterocycles. The monoisotopic (exact) mass is 276 g/mol. The first-order chi connectivity index (χ1) is 9.29. The van der Waals surface area contributed by atoms with Gasteiger partial charge in [0.15, 0.2) is 11.6 Å². The Morgan fingerprint density at radius 3 is 2.20 bits per heavy atom. The van der Waals surface area contributed by atoms with E-state index in [0.717, 1.165) is 0 Å². The molecule has 0 heterocycles. The van der Waals surface area contributed by atoms with E-state index in [0.29, 0.717) is 5.56 Å². The van der Waals surface area contributed by atoms with Crippen LogP contribution >= 0.6 is 0 Å². The Kier molecular flexibility index (Phi) is 3.80. The maximum Gasteiger partial charge on any atom is 0.171 e. The summed E-state index contributed by atoms with van der Waals surface area (Å²) < 4.78 is 28.4. The average molecular weight is 276 g/mol. The molecule has 3 heteroatoms. The lowest BCUT2D eigenvalue weighted by atomic mass is 9.86. The predicted octanol–water partition coefficient (Wildman–Crippen LogP) is 4.93. The zero-order chi connectivity index (χ0) is 14.9. The molecule has 0 saturated heterocycles. The second kappa shape index (κ2) is 5.23. The van der Waals surface area contributed by atoms with Gasteiger partial charge in [0.05, 0.1) is 0 Å². The van der Waals surface area contributed by atoms with Crippen LogP contribution in [0.15, 0.2) is 36.4 Å². The highest BCUT2D eigenvalue weighted by Crippen LogP contribution is 2.36. The minimum absolute atomic E-state index is 0.0605. The van der Waals surface area contributed by atoms with Gasteiger partial charge in [-0.1, -0.05) is 51.1 Å². The van der Waals surface area contributed by atoms with Crippen LogP contribution in [-0.4, -0.2) is 5.11 Å². The molecular formula is C17H18F2O. The molecule has 0 amide bonds. The highest BCUT2D eigenvalue weighted by Gasteiger charge is 2.23. The molecule has 2 aromatic rings. The fourth-order valence-electron chi connectivity index (χ4n) is 2.18. The standard InChI is InChI=1S/C17H18F2O/c1-17(2,3)10-13-14(18)9-12(16(20)15(13)19)11-7-5-4-6-8-11/h4-9,20H,10H2,1-3H3. The van der Waals surface area contributed by atoms with Crippen LogP contribution in [0.25, 0.3) is 11.1 Å². The third-order valence-corrected chi connectivity index (χ3v) is 3.08. The molecule has 0 aliphatic rings. The maximum absolute atomic E-state index is 14.2. The summed E-state index contributed by atoms with van der Waals surface area (Å²) in [5.74, 6) is -1.97. The average Bonchev–Trinajstić information content (AvgIpc) is 2.39. The number of hydrogen-bond acceptors (Lipinski definition) is 1. The molecule has 1 nitrogen and oxygen atoms in total. The predicted molar refractivity (Wildman–Crippen MR) is 76.6 cm³/mol. The highest BCUT2D eigenvalue weighted by molar-refractivity contribution is 5.71. The molecule has 0 radical (unpaired) electrons. The summed E-state index contributed by atoms with van der Waals surface area (Å²) in [4.78, 5) is 0. The third kappa shape index (κ3) is 2.98. The molecule has 0 spiro atoms. The van der Waals surface area contributed by atoms with Crippen LogP contribution in [0.4, 0.5) is 8.78 Å². The molecule has 0 aliphatic heterocycles. The Morgan fingerprint density at radius 1 is 1.05 bits per heavy atom. The summed E-state index contributed by atoms with van der Waals surface area (Å²) >= 11 is 0. The first-order valence-electron chi connectivity index (χ1n) is 6.55. The van der Waals surface area contributed by atoms with E-state index in [2.05, 4.69) is 0 Å². The normalized spacial score (nSPS) is 11.7. The summed E-state index contributed by atoms with van der Waals surface area (Å²) in [6.07, 6.45) is 0.229. The Labute approximate surface area is 117 Å². The van der Waals surface area contributed by atoms with E-state index in [-0.39, 0.29) is 23.0 Å². The summed E-state index contributed by atoms with van der Waals surface area (Å²) in [6.45, 7) is 5.69. The van der Waals surface area contributed by atoms with Crippen molar-refractivity contribution in [3.8, 4) is 16.9 Å². The van der Waals surface area contributed by atoms with Crippen LogP contribution in [0, 0.1) is 17.0 Å². The molecule has 0 fully saturated rings. The zero-order valence-corrected chi connectivity index (χ0v) is 11.9. The molecule has 1 N–H and O–H groups in total. The van der Waals surface area contributed by atoms with Gasteiger partial charge < -0.3 is 5.11 Å². The number of phenols is 1. The lowest BCUT2D eigenvalue weighted by molar-refractivity contribution is 0.377. The number of halogens is 2. The number of phenolic OH excluding ortho intramolecular Hbond substituents is 1. The van der Waals surface area contributed by atoms with Crippen molar-refractivity contribution in [3.05, 3.63) is 53.6 Å². The second-order valence-corrected chi connectivity index (χ2v) is 6.15. The largest absolute Gasteiger partial charge is 0.504 e. The van der Waals surface area contributed by atoms with Crippen molar-refractivity contribution in [2.75, 3.05) is 0 Å². The quantitative estimate of drug-likeness (QED) is 0.825. The van der Waals surface area contributed by atoms with Gasteiger partial charge in [-0.3, -0.25) is 0 Å². The number of rotatable bonds is 2. The van der Waals surface area contributed by atoms with Crippen molar-refractivity contribution in [1.82, 2.24) is 0 Å². The van der Waals surface area contributed by atoms with Crippen LogP contribution in [-0.2, 0) is 6.42 Å². The van der Waals surface area contributed by atoms with Gasteiger partial charge in [0, 0.05) is 11.1 Å². The van der Waals surface area contributed by atoms with Gasteiger partial charge in [-0.15, -0.1) is 0 Å². The Hall–Kier alpha value is -1.90. The first kappa shape index (κ1) is 14.5. The fourth-order valence-corrected chi connectivity index (χ4v) is 2.18. The van der Waals surface area contributed by atoms with E-state index in [9.17, 15) is 13.9 Å². The van der Waals surface area contributed by atoms with Crippen LogP contribution in [0.1, 0.15) is 26.3 Å². The molecule has 20 heavy (non-hydrogen) atoms. The highest BCUT2D eigenvalue weighted by atomic mass is 19.1. The molecule has 106 valence electrons. The number of benzene rings is 2. The Balaban J connectivity index is 2.55. The van der Waals surface area contributed by atoms with Gasteiger partial charge in [0.25, 0.3) is 0 Å².